The van der Waals surface area contributed by atoms with Gasteiger partial charge in [0.1, 0.15) is 0 Å². The van der Waals surface area contributed by atoms with Crippen molar-refractivity contribution in [1.29, 1.82) is 0 Å². The quantitative estimate of drug-likeness (QED) is 0.854. The van der Waals surface area contributed by atoms with Gasteiger partial charge in [0.05, 0.1) is 11.7 Å². The van der Waals surface area contributed by atoms with Crippen LogP contribution in [0.4, 0.5) is 0 Å². The number of piperidine rings is 1. The highest BCUT2D eigenvalue weighted by molar-refractivity contribution is 5.76. The summed E-state index contributed by atoms with van der Waals surface area (Å²) in [7, 11) is 0. The number of aromatic nitrogens is 1. The van der Waals surface area contributed by atoms with Gasteiger partial charge in [-0.3, -0.25) is 9.78 Å². The third kappa shape index (κ3) is 4.63. The van der Waals surface area contributed by atoms with Crippen LogP contribution in [-0.4, -0.2) is 23.5 Å². The molecule has 1 amide bonds. The van der Waals surface area contributed by atoms with Crippen LogP contribution in [0.3, 0.4) is 0 Å². The van der Waals surface area contributed by atoms with Crippen molar-refractivity contribution in [3.63, 3.8) is 0 Å². The molecule has 2 rings (SSSR count). The van der Waals surface area contributed by atoms with E-state index in [0.29, 0.717) is 12.5 Å². The molecule has 0 aliphatic carbocycles. The molecule has 2 unspecified atom stereocenters. The Morgan fingerprint density at radius 1 is 1.53 bits per heavy atom. The summed E-state index contributed by atoms with van der Waals surface area (Å²) in [4.78, 5) is 16.2. The van der Waals surface area contributed by atoms with E-state index in [4.69, 9.17) is 0 Å². The van der Waals surface area contributed by atoms with Gasteiger partial charge in [0.25, 0.3) is 0 Å². The molecule has 4 nitrogen and oxygen atoms in total. The monoisotopic (exact) mass is 261 g/mol. The number of hydrogen-bond donors (Lipinski definition) is 2. The van der Waals surface area contributed by atoms with E-state index in [1.54, 1.807) is 6.20 Å². The van der Waals surface area contributed by atoms with E-state index >= 15 is 0 Å². The molecule has 104 valence electrons. The SMILES string of the molecule is CC(NC(=O)CCC1CCCCN1)c1ccccn1. The number of carbonyl (C=O) groups is 1. The molecule has 1 saturated heterocycles. The molecule has 19 heavy (non-hydrogen) atoms. The minimum absolute atomic E-state index is 0.0204. The maximum atomic E-state index is 11.9. The van der Waals surface area contributed by atoms with Crippen molar-refractivity contribution in [2.75, 3.05) is 6.54 Å². The van der Waals surface area contributed by atoms with Crippen LogP contribution in [0.1, 0.15) is 50.8 Å². The zero-order chi connectivity index (χ0) is 13.5. The van der Waals surface area contributed by atoms with E-state index < -0.39 is 0 Å². The Bertz CT molecular complexity index is 388. The first-order valence-electron chi connectivity index (χ1n) is 7.19. The third-order valence-corrected chi connectivity index (χ3v) is 3.64. The third-order valence-electron chi connectivity index (χ3n) is 3.64. The molecule has 1 aromatic rings. The molecule has 0 aromatic carbocycles. The summed E-state index contributed by atoms with van der Waals surface area (Å²) in [6.45, 7) is 3.07. The van der Waals surface area contributed by atoms with Gasteiger partial charge in [-0.1, -0.05) is 12.5 Å². The van der Waals surface area contributed by atoms with Gasteiger partial charge in [-0.15, -0.1) is 0 Å². The Labute approximate surface area is 115 Å². The predicted molar refractivity (Wildman–Crippen MR) is 75.7 cm³/mol. The number of rotatable bonds is 5. The van der Waals surface area contributed by atoms with Gasteiger partial charge in [-0.05, 0) is 44.9 Å². The fraction of sp³-hybridized carbons (Fsp3) is 0.600. The average molecular weight is 261 g/mol. The van der Waals surface area contributed by atoms with Gasteiger partial charge in [0, 0.05) is 18.7 Å². The summed E-state index contributed by atoms with van der Waals surface area (Å²) in [5, 5.41) is 6.47. The second-order valence-corrected chi connectivity index (χ2v) is 5.23. The lowest BCUT2D eigenvalue weighted by Gasteiger charge is -2.23. The van der Waals surface area contributed by atoms with Crippen LogP contribution >= 0.6 is 0 Å². The van der Waals surface area contributed by atoms with Gasteiger partial charge in [0.2, 0.25) is 5.91 Å². The van der Waals surface area contributed by atoms with Crippen molar-refractivity contribution < 1.29 is 4.79 Å². The molecule has 1 aromatic heterocycles. The van der Waals surface area contributed by atoms with Crippen molar-refractivity contribution in [2.45, 2.75) is 51.1 Å². The molecule has 0 saturated carbocycles. The molecule has 2 atom stereocenters. The Kier molecular flexibility index (Phi) is 5.33. The number of nitrogens with one attached hydrogen (secondary N) is 2. The normalized spacial score (nSPS) is 20.8. The molecule has 0 bridgehead atoms. The van der Waals surface area contributed by atoms with E-state index in [1.165, 1.54) is 19.3 Å². The number of carbonyl (C=O) groups excluding carboxylic acids is 1. The fourth-order valence-corrected chi connectivity index (χ4v) is 2.50. The maximum Gasteiger partial charge on any atom is 0.220 e. The Morgan fingerprint density at radius 3 is 3.11 bits per heavy atom. The lowest BCUT2D eigenvalue weighted by molar-refractivity contribution is -0.122. The Balaban J connectivity index is 1.71. The van der Waals surface area contributed by atoms with E-state index in [9.17, 15) is 4.79 Å². The zero-order valence-corrected chi connectivity index (χ0v) is 11.6. The first-order chi connectivity index (χ1) is 9.25. The van der Waals surface area contributed by atoms with E-state index in [1.807, 2.05) is 25.1 Å². The summed E-state index contributed by atoms with van der Waals surface area (Å²) in [6, 6.07) is 6.26. The molecule has 0 radical (unpaired) electrons. The molecule has 2 N–H and O–H groups in total. The largest absolute Gasteiger partial charge is 0.348 e. The highest BCUT2D eigenvalue weighted by atomic mass is 16.1. The van der Waals surface area contributed by atoms with Crippen molar-refractivity contribution in [1.82, 2.24) is 15.6 Å². The fourth-order valence-electron chi connectivity index (χ4n) is 2.50. The van der Waals surface area contributed by atoms with Gasteiger partial charge in [-0.2, -0.15) is 0 Å². The highest BCUT2D eigenvalue weighted by Gasteiger charge is 2.15. The molecule has 1 aliphatic rings. The van der Waals surface area contributed by atoms with Crippen LogP contribution in [0.15, 0.2) is 24.4 Å². The summed E-state index contributed by atoms with van der Waals surface area (Å²) < 4.78 is 0. The predicted octanol–water partition coefficient (Wildman–Crippen LogP) is 2.18. The van der Waals surface area contributed by atoms with Crippen molar-refractivity contribution >= 4 is 5.91 Å². The molecule has 0 spiro atoms. The van der Waals surface area contributed by atoms with Crippen LogP contribution in [-0.2, 0) is 4.79 Å². The second kappa shape index (κ2) is 7.24. The molecule has 1 aliphatic heterocycles. The number of nitrogens with zero attached hydrogens (tertiary/aromatic N) is 1. The number of amides is 1. The smallest absolute Gasteiger partial charge is 0.220 e. The minimum atomic E-state index is -0.0204. The summed E-state index contributed by atoms with van der Waals surface area (Å²) in [5.41, 5.74) is 0.909. The van der Waals surface area contributed by atoms with Crippen molar-refractivity contribution in [3.8, 4) is 0 Å². The van der Waals surface area contributed by atoms with Crippen LogP contribution in [0.5, 0.6) is 0 Å². The van der Waals surface area contributed by atoms with Crippen LogP contribution in [0.25, 0.3) is 0 Å². The maximum absolute atomic E-state index is 11.9. The average Bonchev–Trinajstić information content (AvgIpc) is 2.47. The zero-order valence-electron chi connectivity index (χ0n) is 11.6. The topological polar surface area (TPSA) is 54.0 Å². The Morgan fingerprint density at radius 2 is 2.42 bits per heavy atom. The second-order valence-electron chi connectivity index (χ2n) is 5.23. The van der Waals surface area contributed by atoms with E-state index in [-0.39, 0.29) is 11.9 Å². The van der Waals surface area contributed by atoms with Crippen LogP contribution < -0.4 is 10.6 Å². The van der Waals surface area contributed by atoms with Gasteiger partial charge < -0.3 is 10.6 Å². The lowest BCUT2D eigenvalue weighted by Crippen LogP contribution is -2.35. The van der Waals surface area contributed by atoms with Gasteiger partial charge >= 0.3 is 0 Å². The molecular formula is C15H23N3O. The van der Waals surface area contributed by atoms with E-state index in [2.05, 4.69) is 15.6 Å². The van der Waals surface area contributed by atoms with Crippen molar-refractivity contribution in [2.24, 2.45) is 0 Å². The summed E-state index contributed by atoms with van der Waals surface area (Å²) >= 11 is 0. The standard InChI is InChI=1S/C15H23N3O/c1-12(14-7-3-5-11-17-14)18-15(19)9-8-13-6-2-4-10-16-13/h3,5,7,11-13,16H,2,4,6,8-10H2,1H3,(H,18,19). The molecular weight excluding hydrogens is 238 g/mol. The van der Waals surface area contributed by atoms with Crippen molar-refractivity contribution in [3.05, 3.63) is 30.1 Å². The van der Waals surface area contributed by atoms with Crippen LogP contribution in [0.2, 0.25) is 0 Å². The summed E-state index contributed by atoms with van der Waals surface area (Å²) in [5.74, 6) is 0.116. The van der Waals surface area contributed by atoms with Gasteiger partial charge in [-0.25, -0.2) is 0 Å². The first kappa shape index (κ1) is 14.0. The summed E-state index contributed by atoms with van der Waals surface area (Å²) in [6.07, 6.45) is 7.02. The molecule has 2 heterocycles. The minimum Gasteiger partial charge on any atom is -0.348 e. The molecule has 4 heteroatoms. The number of hydrogen-bond acceptors (Lipinski definition) is 3. The first-order valence-corrected chi connectivity index (χ1v) is 7.19. The highest BCUT2D eigenvalue weighted by Crippen LogP contribution is 2.13. The van der Waals surface area contributed by atoms with E-state index in [0.717, 1.165) is 18.7 Å². The Hall–Kier alpha value is -1.42. The lowest BCUT2D eigenvalue weighted by atomic mass is 10.0. The van der Waals surface area contributed by atoms with Crippen LogP contribution in [0, 0.1) is 0 Å². The van der Waals surface area contributed by atoms with Gasteiger partial charge in [0.15, 0.2) is 0 Å². The number of pyridine rings is 1. The molecule has 1 fully saturated rings.